The molecule has 2 aromatic rings. The Morgan fingerprint density at radius 2 is 0.671 bits per heavy atom. The lowest BCUT2D eigenvalue weighted by Crippen LogP contribution is -2.70. The van der Waals surface area contributed by atoms with E-state index in [-0.39, 0.29) is 18.6 Å². The molecule has 0 saturated carbocycles. The van der Waals surface area contributed by atoms with Gasteiger partial charge in [0.1, 0.15) is 5.75 Å². The zero-order valence-corrected chi connectivity index (χ0v) is 47.9. The van der Waals surface area contributed by atoms with Gasteiger partial charge in [0.15, 0.2) is 11.5 Å². The molecule has 0 aliphatic rings. The number of rotatable bonds is 23. The summed E-state index contributed by atoms with van der Waals surface area (Å²) in [4.78, 5) is 23.0. The van der Waals surface area contributed by atoms with Crippen molar-refractivity contribution >= 4 is 11.9 Å². The number of halogens is 26. The molecule has 33 heteroatoms. The summed E-state index contributed by atoms with van der Waals surface area (Å²) in [6, 6.07) is 8.09. The van der Waals surface area contributed by atoms with Crippen molar-refractivity contribution in [3.05, 3.63) is 52.1 Å². The third-order valence-electron chi connectivity index (χ3n) is 13.6. The smallest absolute Gasteiger partial charge is 0.460 e. The number of methoxy groups -OCH3 is 1. The van der Waals surface area contributed by atoms with Crippen molar-refractivity contribution in [2.45, 2.75) is 212 Å². The fourth-order valence-corrected chi connectivity index (χ4v) is 6.10. The first-order valence-corrected chi connectivity index (χ1v) is 25.0. The summed E-state index contributed by atoms with van der Waals surface area (Å²) in [5, 5.41) is 19.2. The highest BCUT2D eigenvalue weighted by molar-refractivity contribution is 5.76. The number of alkyl halides is 26. The minimum Gasteiger partial charge on any atom is -0.507 e. The number of hydrogen-bond donors (Lipinski definition) is 2. The number of hydrogen-bond acceptors (Lipinski definition) is 7. The molecule has 85 heavy (non-hydrogen) atoms. The molecule has 498 valence electrons. The molecule has 0 radical (unpaired) electrons. The first-order valence-electron chi connectivity index (χ1n) is 25.0. The second-order valence-electron chi connectivity index (χ2n) is 20.8. The monoisotopic (exact) mass is 1300 g/mol. The number of phenols is 2. The summed E-state index contributed by atoms with van der Waals surface area (Å²) in [6.07, 6.45) is -17.7. The molecule has 0 spiro atoms. The number of benzene rings is 2. The molecule has 0 aromatic heterocycles. The van der Waals surface area contributed by atoms with E-state index in [0.717, 1.165) is 29.5 Å². The van der Waals surface area contributed by atoms with Crippen LogP contribution in [0.5, 0.6) is 17.2 Å². The summed E-state index contributed by atoms with van der Waals surface area (Å²) >= 11 is 0. The van der Waals surface area contributed by atoms with Gasteiger partial charge >= 0.3 is 83.5 Å². The molecule has 2 unspecified atom stereocenters. The highest BCUT2D eigenvalue weighted by Crippen LogP contribution is 2.62. The van der Waals surface area contributed by atoms with E-state index in [1.807, 2.05) is 32.9 Å². The van der Waals surface area contributed by atoms with E-state index in [1.165, 1.54) is 52.7 Å². The Bertz CT molecular complexity index is 2360. The maximum absolute atomic E-state index is 13.5. The van der Waals surface area contributed by atoms with Gasteiger partial charge in [0, 0.05) is 0 Å². The maximum atomic E-state index is 13.5. The van der Waals surface area contributed by atoms with Crippen LogP contribution in [-0.2, 0) is 19.1 Å². The van der Waals surface area contributed by atoms with Crippen LogP contribution >= 0.6 is 0 Å². The van der Waals surface area contributed by atoms with E-state index in [0.29, 0.717) is 23.3 Å². The maximum Gasteiger partial charge on any atom is 0.460 e. The predicted octanol–water partition coefficient (Wildman–Crippen LogP) is 18.9. The van der Waals surface area contributed by atoms with Gasteiger partial charge in [-0.2, -0.15) is 114 Å². The van der Waals surface area contributed by atoms with Crippen LogP contribution in [0.3, 0.4) is 0 Å². The van der Waals surface area contributed by atoms with Crippen LogP contribution in [0, 0.1) is 31.6 Å². The number of aryl methyl sites for hydroxylation is 3. The Morgan fingerprint density at radius 1 is 0.424 bits per heavy atom. The molecule has 0 bridgehead atoms. The highest BCUT2D eigenvalue weighted by atomic mass is 19.4. The van der Waals surface area contributed by atoms with E-state index in [4.69, 9.17) is 4.74 Å². The molecule has 0 heterocycles. The van der Waals surface area contributed by atoms with Crippen LogP contribution in [0.25, 0.3) is 0 Å². The van der Waals surface area contributed by atoms with E-state index < -0.39 is 120 Å². The van der Waals surface area contributed by atoms with Crippen molar-refractivity contribution in [2.75, 3.05) is 20.3 Å². The Balaban J connectivity index is 0. The lowest BCUT2D eigenvalue weighted by Gasteiger charge is -2.39. The average molecular weight is 1300 g/mol. The minimum absolute atomic E-state index is 0.0508. The Kier molecular flexibility index (Phi) is 27.4. The van der Waals surface area contributed by atoms with Gasteiger partial charge in [-0.15, -0.1) is 0 Å². The van der Waals surface area contributed by atoms with Crippen molar-refractivity contribution in [1.82, 2.24) is 0 Å². The van der Waals surface area contributed by atoms with E-state index in [1.54, 1.807) is 7.11 Å². The average Bonchev–Trinajstić information content (AvgIpc) is 3.48. The second kappa shape index (κ2) is 28.4. The van der Waals surface area contributed by atoms with Crippen LogP contribution in [-0.4, -0.2) is 114 Å². The predicted molar refractivity (Wildman–Crippen MR) is 255 cm³/mol. The fourth-order valence-electron chi connectivity index (χ4n) is 6.10. The number of carbonyl (C=O) groups excluding carboxylic acids is 2. The molecule has 0 saturated heterocycles. The molecule has 2 atom stereocenters. The van der Waals surface area contributed by atoms with Crippen molar-refractivity contribution in [3.8, 4) is 17.2 Å². The summed E-state index contributed by atoms with van der Waals surface area (Å²) in [5.74, 6) is -74.5. The normalized spacial score (nSPS) is 14.6. The second-order valence-corrected chi connectivity index (χ2v) is 20.8. The molecule has 2 N–H and O–H groups in total. The molecule has 7 nitrogen and oxygen atoms in total. The van der Waals surface area contributed by atoms with E-state index in [2.05, 4.69) is 49.3 Å². The first kappa shape index (κ1) is 82.0. The largest absolute Gasteiger partial charge is 0.507 e. The van der Waals surface area contributed by atoms with Crippen molar-refractivity contribution in [1.29, 1.82) is 0 Å². The molecular formula is C52H66F26O7. The van der Waals surface area contributed by atoms with Gasteiger partial charge in [0.25, 0.3) is 0 Å². The van der Waals surface area contributed by atoms with Crippen LogP contribution in [0.2, 0.25) is 0 Å². The van der Waals surface area contributed by atoms with Crippen LogP contribution in [0.4, 0.5) is 114 Å². The van der Waals surface area contributed by atoms with Gasteiger partial charge in [-0.1, -0.05) is 59.7 Å². The molecule has 0 amide bonds. The van der Waals surface area contributed by atoms with Crippen molar-refractivity contribution in [3.63, 3.8) is 0 Å². The molecule has 0 aliphatic heterocycles. The van der Waals surface area contributed by atoms with Gasteiger partial charge < -0.3 is 24.4 Å². The summed E-state index contributed by atoms with van der Waals surface area (Å²) in [7, 11) is 1.58. The number of carbonyl (C=O) groups is 2. The Hall–Kier alpha value is -5.04. The Morgan fingerprint density at radius 3 is 0.906 bits per heavy atom. The lowest BCUT2D eigenvalue weighted by molar-refractivity contribution is -0.440. The zero-order chi connectivity index (χ0) is 68.5. The summed E-state index contributed by atoms with van der Waals surface area (Å²) in [5.41, 5.74) is 2.73. The zero-order valence-electron chi connectivity index (χ0n) is 47.9. The quantitative estimate of drug-likeness (QED) is 0.0844. The van der Waals surface area contributed by atoms with E-state index >= 15 is 0 Å². The SMILES string of the molecule is CCC(C)(C)C(=O)OCCC(F)(F)C(F)(F)C(F)(F)C(F)(F)C(F)(F)C(F)(F)F.CCC(C)(C)C(=O)OCCC(F)(F)C(F)(F)C(F)(F)C(F)(F)C(F)(F)C(F)(F)F.CCC(C)c1cc(C)c(O)c(C)c1.CCC(C)c1cc(C)c(O)c(OC)c1. The van der Waals surface area contributed by atoms with Crippen molar-refractivity contribution in [2.24, 2.45) is 10.8 Å². The molecule has 0 fully saturated rings. The van der Waals surface area contributed by atoms with Crippen LogP contribution < -0.4 is 4.74 Å². The van der Waals surface area contributed by atoms with Crippen LogP contribution in [0.1, 0.15) is 147 Å². The molecule has 2 aromatic carbocycles. The summed E-state index contributed by atoms with van der Waals surface area (Å²) < 4.78 is 348. The van der Waals surface area contributed by atoms with Gasteiger partial charge in [0.05, 0.1) is 44.0 Å². The molecule has 2 rings (SSSR count). The minimum atomic E-state index is -7.94. The number of aromatic hydroxyl groups is 2. The highest BCUT2D eigenvalue weighted by Gasteiger charge is 2.92. The van der Waals surface area contributed by atoms with Gasteiger partial charge in [-0.25, -0.2) is 0 Å². The lowest BCUT2D eigenvalue weighted by atomic mass is 9.90. The number of phenolic OH excluding ortho intramolecular Hbond substituents is 2. The number of esters is 2. The molecular weight excluding hydrogens is 1230 g/mol. The van der Waals surface area contributed by atoms with Gasteiger partial charge in [-0.3, -0.25) is 9.59 Å². The fraction of sp³-hybridized carbons (Fsp3) is 0.731. The van der Waals surface area contributed by atoms with Gasteiger partial charge in [-0.05, 0) is 120 Å². The summed E-state index contributed by atoms with van der Waals surface area (Å²) in [6.45, 7) is 18.8. The Labute approximate surface area is 472 Å². The van der Waals surface area contributed by atoms with Crippen LogP contribution in [0.15, 0.2) is 24.3 Å². The standard InChI is InChI=1S/2C14H15F13O2.C12H18O2.C12H18O/c2*1-4-8(2,3)7(28)29-6-5-9(15,16)10(17,18)11(19,20)12(21,22)13(23,24)14(25,26)27;1-5-8(2)10-6-9(3)12(13)11(7-10)14-4;1-5-8(2)11-6-9(3)12(13)10(4)7-11/h2*4-6H2,1-3H3;6-8,13H,5H2,1-4H3;6-8,13H,5H2,1-4H3. The first-order chi connectivity index (χ1) is 37.5. The third-order valence-corrected chi connectivity index (χ3v) is 13.6. The number of ether oxygens (including phenoxy) is 3. The third kappa shape index (κ3) is 17.6. The van der Waals surface area contributed by atoms with E-state index in [9.17, 15) is 134 Å². The van der Waals surface area contributed by atoms with Gasteiger partial charge in [0.2, 0.25) is 0 Å². The topological polar surface area (TPSA) is 102 Å². The molecule has 0 aliphatic carbocycles. The van der Waals surface area contributed by atoms with Crippen molar-refractivity contribution < 1.29 is 148 Å².